The van der Waals surface area contributed by atoms with E-state index >= 15 is 0 Å². The fraction of sp³-hybridized carbons (Fsp3) is 0.300. The molecule has 122 valence electrons. The van der Waals surface area contributed by atoms with E-state index in [9.17, 15) is 9.90 Å². The first-order valence-corrected chi connectivity index (χ1v) is 9.26. The van der Waals surface area contributed by atoms with E-state index in [4.69, 9.17) is 0 Å². The average molecular weight is 337 g/mol. The van der Waals surface area contributed by atoms with Gasteiger partial charge in [0.15, 0.2) is 5.69 Å². The van der Waals surface area contributed by atoms with E-state index in [2.05, 4.69) is 47.4 Å². The maximum absolute atomic E-state index is 11.3. The maximum Gasteiger partial charge on any atom is 0.355 e. The zero-order valence-electron chi connectivity index (χ0n) is 13.4. The SMILES string of the molecule is O=C(O)c1csc(C2(c3cccc4ccccc34)CCCCC2)n1. The van der Waals surface area contributed by atoms with Crippen LogP contribution in [0, 0.1) is 0 Å². The van der Waals surface area contributed by atoms with Gasteiger partial charge in [0.2, 0.25) is 0 Å². The number of hydrogen-bond acceptors (Lipinski definition) is 3. The van der Waals surface area contributed by atoms with Gasteiger partial charge in [-0.15, -0.1) is 11.3 Å². The van der Waals surface area contributed by atoms with Crippen LogP contribution in [0.15, 0.2) is 47.8 Å². The molecule has 0 bridgehead atoms. The Bertz CT molecular complexity index is 888. The van der Waals surface area contributed by atoms with Gasteiger partial charge >= 0.3 is 5.97 Å². The Kier molecular flexibility index (Phi) is 3.85. The minimum Gasteiger partial charge on any atom is -0.476 e. The van der Waals surface area contributed by atoms with E-state index in [1.165, 1.54) is 34.1 Å². The van der Waals surface area contributed by atoms with Crippen LogP contribution in [0.5, 0.6) is 0 Å². The second kappa shape index (κ2) is 6.02. The van der Waals surface area contributed by atoms with Crippen LogP contribution in [0.1, 0.15) is 53.2 Å². The Hall–Kier alpha value is -2.20. The van der Waals surface area contributed by atoms with Gasteiger partial charge in [-0.25, -0.2) is 9.78 Å². The molecule has 1 N–H and O–H groups in total. The molecule has 4 rings (SSSR count). The Balaban J connectivity index is 1.94. The summed E-state index contributed by atoms with van der Waals surface area (Å²) in [6, 6.07) is 14.9. The Morgan fingerprint density at radius 2 is 1.79 bits per heavy atom. The summed E-state index contributed by atoms with van der Waals surface area (Å²) >= 11 is 1.49. The molecule has 0 saturated heterocycles. The third-order valence-electron chi connectivity index (χ3n) is 5.14. The molecule has 0 amide bonds. The number of aromatic carboxylic acids is 1. The van der Waals surface area contributed by atoms with Crippen LogP contribution in [0.25, 0.3) is 10.8 Å². The zero-order valence-corrected chi connectivity index (χ0v) is 14.2. The van der Waals surface area contributed by atoms with Gasteiger partial charge in [-0.2, -0.15) is 0 Å². The van der Waals surface area contributed by atoms with Gasteiger partial charge in [0.1, 0.15) is 5.01 Å². The molecular formula is C20H19NO2S. The highest BCUT2D eigenvalue weighted by molar-refractivity contribution is 7.10. The molecule has 2 aromatic carbocycles. The molecule has 3 aromatic rings. The Labute approximate surface area is 145 Å². The normalized spacial score (nSPS) is 17.0. The molecule has 1 heterocycles. The summed E-state index contributed by atoms with van der Waals surface area (Å²) in [5.41, 5.74) is 1.31. The second-order valence-electron chi connectivity index (χ2n) is 6.51. The summed E-state index contributed by atoms with van der Waals surface area (Å²) in [6.07, 6.45) is 5.63. The maximum atomic E-state index is 11.3. The molecule has 1 aromatic heterocycles. The molecule has 1 fully saturated rings. The fourth-order valence-corrected chi connectivity index (χ4v) is 5.06. The number of benzene rings is 2. The molecule has 0 radical (unpaired) electrons. The molecule has 1 saturated carbocycles. The lowest BCUT2D eigenvalue weighted by Gasteiger charge is -2.37. The van der Waals surface area contributed by atoms with Crippen molar-refractivity contribution in [3.05, 3.63) is 64.1 Å². The second-order valence-corrected chi connectivity index (χ2v) is 7.37. The number of carboxylic acid groups (broad SMARTS) is 1. The van der Waals surface area contributed by atoms with E-state index in [1.54, 1.807) is 5.38 Å². The van der Waals surface area contributed by atoms with Crippen LogP contribution < -0.4 is 0 Å². The molecule has 0 spiro atoms. The quantitative estimate of drug-likeness (QED) is 0.710. The predicted octanol–water partition coefficient (Wildman–Crippen LogP) is 5.24. The highest BCUT2D eigenvalue weighted by Crippen LogP contribution is 2.47. The number of rotatable bonds is 3. The van der Waals surface area contributed by atoms with E-state index in [0.29, 0.717) is 0 Å². The first-order chi connectivity index (χ1) is 11.7. The number of aromatic nitrogens is 1. The van der Waals surface area contributed by atoms with Gasteiger partial charge in [-0.05, 0) is 29.2 Å². The average Bonchev–Trinajstić information content (AvgIpc) is 3.13. The highest BCUT2D eigenvalue weighted by atomic mass is 32.1. The number of hydrogen-bond donors (Lipinski definition) is 1. The van der Waals surface area contributed by atoms with Crippen LogP contribution in [-0.2, 0) is 5.41 Å². The predicted molar refractivity (Wildman–Crippen MR) is 96.9 cm³/mol. The largest absolute Gasteiger partial charge is 0.476 e. The first kappa shape index (κ1) is 15.3. The van der Waals surface area contributed by atoms with Crippen molar-refractivity contribution in [2.75, 3.05) is 0 Å². The topological polar surface area (TPSA) is 50.2 Å². The van der Waals surface area contributed by atoms with Crippen LogP contribution in [0.3, 0.4) is 0 Å². The molecular weight excluding hydrogens is 318 g/mol. The summed E-state index contributed by atoms with van der Waals surface area (Å²) in [7, 11) is 0. The van der Waals surface area contributed by atoms with Crippen LogP contribution >= 0.6 is 11.3 Å². The standard InChI is InChI=1S/C20H19NO2S/c22-18(23)17-13-24-19(21-17)20(11-4-1-5-12-20)16-10-6-8-14-7-2-3-9-15(14)16/h2-3,6-10,13H,1,4-5,11-12H2,(H,22,23). The van der Waals surface area contributed by atoms with Crippen molar-refractivity contribution in [1.29, 1.82) is 0 Å². The van der Waals surface area contributed by atoms with Crippen molar-refractivity contribution < 1.29 is 9.90 Å². The summed E-state index contributed by atoms with van der Waals surface area (Å²) in [6.45, 7) is 0. The first-order valence-electron chi connectivity index (χ1n) is 8.38. The van der Waals surface area contributed by atoms with Gasteiger partial charge in [0.05, 0.1) is 0 Å². The van der Waals surface area contributed by atoms with E-state index in [0.717, 1.165) is 30.7 Å². The minimum absolute atomic E-state index is 0.155. The van der Waals surface area contributed by atoms with Gasteiger partial charge in [-0.3, -0.25) is 0 Å². The van der Waals surface area contributed by atoms with Crippen molar-refractivity contribution >= 4 is 28.1 Å². The van der Waals surface area contributed by atoms with Crippen molar-refractivity contribution in [2.24, 2.45) is 0 Å². The number of carbonyl (C=O) groups is 1. The van der Waals surface area contributed by atoms with Crippen molar-refractivity contribution in [3.63, 3.8) is 0 Å². The summed E-state index contributed by atoms with van der Waals surface area (Å²) in [5.74, 6) is -0.943. The Morgan fingerprint density at radius 1 is 1.04 bits per heavy atom. The van der Waals surface area contributed by atoms with E-state index in [-0.39, 0.29) is 11.1 Å². The number of carboxylic acids is 1. The summed E-state index contributed by atoms with van der Waals surface area (Å²) in [5, 5.41) is 14.4. The number of fused-ring (bicyclic) bond motifs is 1. The molecule has 1 aliphatic rings. The summed E-state index contributed by atoms with van der Waals surface area (Å²) < 4.78 is 0. The number of thiazole rings is 1. The fourth-order valence-electron chi connectivity index (χ4n) is 3.99. The van der Waals surface area contributed by atoms with Crippen LogP contribution in [0.2, 0.25) is 0 Å². The number of nitrogens with zero attached hydrogens (tertiary/aromatic N) is 1. The summed E-state index contributed by atoms with van der Waals surface area (Å²) in [4.78, 5) is 15.8. The van der Waals surface area contributed by atoms with Crippen LogP contribution in [-0.4, -0.2) is 16.1 Å². The third-order valence-corrected chi connectivity index (χ3v) is 6.19. The Morgan fingerprint density at radius 3 is 2.54 bits per heavy atom. The van der Waals surface area contributed by atoms with Crippen LogP contribution in [0.4, 0.5) is 0 Å². The van der Waals surface area contributed by atoms with E-state index < -0.39 is 5.97 Å². The molecule has 0 unspecified atom stereocenters. The van der Waals surface area contributed by atoms with Gasteiger partial charge in [-0.1, -0.05) is 61.7 Å². The smallest absolute Gasteiger partial charge is 0.355 e. The molecule has 3 nitrogen and oxygen atoms in total. The zero-order chi connectivity index (χ0) is 16.6. The minimum atomic E-state index is -0.943. The van der Waals surface area contributed by atoms with Gasteiger partial charge < -0.3 is 5.11 Å². The lowest BCUT2D eigenvalue weighted by atomic mass is 9.68. The van der Waals surface area contributed by atoms with E-state index in [1.807, 2.05) is 0 Å². The highest BCUT2D eigenvalue weighted by Gasteiger charge is 2.39. The molecule has 24 heavy (non-hydrogen) atoms. The molecule has 0 aliphatic heterocycles. The van der Waals surface area contributed by atoms with Crippen molar-refractivity contribution in [1.82, 2.24) is 4.98 Å². The monoisotopic (exact) mass is 337 g/mol. The molecule has 1 aliphatic carbocycles. The van der Waals surface area contributed by atoms with Crippen molar-refractivity contribution in [2.45, 2.75) is 37.5 Å². The van der Waals surface area contributed by atoms with Gasteiger partial charge in [0, 0.05) is 10.8 Å². The lowest BCUT2D eigenvalue weighted by Crippen LogP contribution is -2.30. The molecule has 0 atom stereocenters. The third kappa shape index (κ3) is 2.42. The lowest BCUT2D eigenvalue weighted by molar-refractivity contribution is 0.0691. The van der Waals surface area contributed by atoms with Gasteiger partial charge in [0.25, 0.3) is 0 Å². The van der Waals surface area contributed by atoms with Crippen molar-refractivity contribution in [3.8, 4) is 0 Å². The molecule has 4 heteroatoms.